The van der Waals surface area contributed by atoms with Crippen LogP contribution in [0, 0.1) is 0 Å². The van der Waals surface area contributed by atoms with Crippen molar-refractivity contribution >= 4 is 17.1 Å². The van der Waals surface area contributed by atoms with Gasteiger partial charge in [-0.3, -0.25) is 0 Å². The SMILES string of the molecule is CN1CCC(Oc2ccc(-c3nc4ccc(OC(N)=O)cc4[nH]3)cc2)CC1. The van der Waals surface area contributed by atoms with Crippen LogP contribution in [0.1, 0.15) is 12.8 Å². The van der Waals surface area contributed by atoms with Crippen molar-refractivity contribution in [3.8, 4) is 22.9 Å². The first kappa shape index (κ1) is 17.4. The minimum Gasteiger partial charge on any atom is -0.490 e. The number of nitrogens with one attached hydrogen (secondary N) is 1. The first-order valence-electron chi connectivity index (χ1n) is 8.99. The average Bonchev–Trinajstić information content (AvgIpc) is 3.07. The molecule has 0 saturated carbocycles. The molecule has 140 valence electrons. The van der Waals surface area contributed by atoms with E-state index in [9.17, 15) is 4.79 Å². The van der Waals surface area contributed by atoms with Crippen LogP contribution < -0.4 is 15.2 Å². The molecule has 0 atom stereocenters. The van der Waals surface area contributed by atoms with Crippen molar-refractivity contribution in [2.45, 2.75) is 18.9 Å². The molecular weight excluding hydrogens is 344 g/mol. The predicted molar refractivity (Wildman–Crippen MR) is 103 cm³/mol. The van der Waals surface area contributed by atoms with Gasteiger partial charge in [0.2, 0.25) is 0 Å². The molecule has 27 heavy (non-hydrogen) atoms. The predicted octanol–water partition coefficient (Wildman–Crippen LogP) is 3.16. The topological polar surface area (TPSA) is 93.5 Å². The van der Waals surface area contributed by atoms with Gasteiger partial charge >= 0.3 is 6.09 Å². The van der Waals surface area contributed by atoms with Crippen molar-refractivity contribution < 1.29 is 14.3 Å². The van der Waals surface area contributed by atoms with E-state index in [0.29, 0.717) is 5.75 Å². The smallest absolute Gasteiger partial charge is 0.409 e. The number of rotatable bonds is 4. The third-order valence-corrected chi connectivity index (χ3v) is 4.77. The van der Waals surface area contributed by atoms with Gasteiger partial charge in [0, 0.05) is 24.7 Å². The third kappa shape index (κ3) is 4.03. The summed E-state index contributed by atoms with van der Waals surface area (Å²) < 4.78 is 11.0. The van der Waals surface area contributed by atoms with E-state index < -0.39 is 6.09 Å². The number of benzene rings is 2. The number of primary amides is 1. The van der Waals surface area contributed by atoms with Crippen molar-refractivity contribution in [2.24, 2.45) is 5.73 Å². The fourth-order valence-electron chi connectivity index (χ4n) is 3.29. The van der Waals surface area contributed by atoms with Gasteiger partial charge in [-0.15, -0.1) is 0 Å². The molecule has 0 unspecified atom stereocenters. The van der Waals surface area contributed by atoms with E-state index in [2.05, 4.69) is 21.9 Å². The van der Waals surface area contributed by atoms with Gasteiger partial charge in [-0.25, -0.2) is 9.78 Å². The molecule has 7 heteroatoms. The number of fused-ring (bicyclic) bond motifs is 1. The molecule has 0 radical (unpaired) electrons. The molecule has 0 spiro atoms. The van der Waals surface area contributed by atoms with Gasteiger partial charge < -0.3 is 25.1 Å². The average molecular weight is 366 g/mol. The highest BCUT2D eigenvalue weighted by atomic mass is 16.5. The standard InChI is InChI=1S/C20H22N4O3/c1-24-10-8-15(9-11-24)26-14-4-2-13(3-5-14)19-22-17-7-6-16(27-20(21)25)12-18(17)23-19/h2-7,12,15H,8-11H2,1H3,(H2,21,25)(H,22,23). The lowest BCUT2D eigenvalue weighted by molar-refractivity contribution is 0.114. The number of carbonyl (C=O) groups excluding carboxylic acids is 1. The van der Waals surface area contributed by atoms with Crippen molar-refractivity contribution in [1.82, 2.24) is 14.9 Å². The van der Waals surface area contributed by atoms with Crippen LogP contribution in [0.5, 0.6) is 11.5 Å². The molecule has 2 aromatic carbocycles. The number of likely N-dealkylation sites (tertiary alicyclic amines) is 1. The van der Waals surface area contributed by atoms with E-state index >= 15 is 0 Å². The lowest BCUT2D eigenvalue weighted by Crippen LogP contribution is -2.35. The number of hydrogen-bond acceptors (Lipinski definition) is 5. The molecule has 3 N–H and O–H groups in total. The normalized spacial score (nSPS) is 15.7. The molecule has 2 heterocycles. The number of ether oxygens (including phenoxy) is 2. The Labute approximate surface area is 157 Å². The van der Waals surface area contributed by atoms with E-state index in [1.165, 1.54) is 0 Å². The molecule has 7 nitrogen and oxygen atoms in total. The first-order valence-corrected chi connectivity index (χ1v) is 8.99. The maximum atomic E-state index is 10.9. The lowest BCUT2D eigenvalue weighted by atomic mass is 10.1. The summed E-state index contributed by atoms with van der Waals surface area (Å²) in [7, 11) is 2.14. The summed E-state index contributed by atoms with van der Waals surface area (Å²) >= 11 is 0. The maximum Gasteiger partial charge on any atom is 0.409 e. The van der Waals surface area contributed by atoms with Crippen LogP contribution in [0.3, 0.4) is 0 Å². The van der Waals surface area contributed by atoms with E-state index in [0.717, 1.165) is 54.1 Å². The monoisotopic (exact) mass is 366 g/mol. The van der Waals surface area contributed by atoms with Gasteiger partial charge in [-0.1, -0.05) is 0 Å². The fraction of sp³-hybridized carbons (Fsp3) is 0.300. The fourth-order valence-corrected chi connectivity index (χ4v) is 3.29. The molecular formula is C20H22N4O3. The summed E-state index contributed by atoms with van der Waals surface area (Å²) in [5, 5.41) is 0. The summed E-state index contributed by atoms with van der Waals surface area (Å²) in [6.07, 6.45) is 1.55. The van der Waals surface area contributed by atoms with E-state index in [-0.39, 0.29) is 6.10 Å². The first-order chi connectivity index (χ1) is 13.1. The lowest BCUT2D eigenvalue weighted by Gasteiger charge is -2.29. The van der Waals surface area contributed by atoms with E-state index in [1.807, 2.05) is 24.3 Å². The van der Waals surface area contributed by atoms with Gasteiger partial charge in [0.15, 0.2) is 0 Å². The molecule has 1 aromatic heterocycles. The summed E-state index contributed by atoms with van der Waals surface area (Å²) in [4.78, 5) is 21.0. The molecule has 1 amide bonds. The molecule has 1 aliphatic rings. The van der Waals surface area contributed by atoms with Gasteiger partial charge in [-0.2, -0.15) is 0 Å². The minimum absolute atomic E-state index is 0.280. The van der Waals surface area contributed by atoms with E-state index in [1.54, 1.807) is 18.2 Å². The van der Waals surface area contributed by atoms with Crippen LogP contribution >= 0.6 is 0 Å². The quantitative estimate of drug-likeness (QED) is 0.740. The van der Waals surface area contributed by atoms with Crippen molar-refractivity contribution in [1.29, 1.82) is 0 Å². The Morgan fingerprint density at radius 2 is 1.85 bits per heavy atom. The highest BCUT2D eigenvalue weighted by molar-refractivity contribution is 5.81. The zero-order valence-corrected chi connectivity index (χ0v) is 15.1. The molecule has 0 aliphatic carbocycles. The number of nitrogens with zero attached hydrogens (tertiary/aromatic N) is 2. The van der Waals surface area contributed by atoms with Gasteiger partial charge in [-0.05, 0) is 56.3 Å². The number of nitrogens with two attached hydrogens (primary N) is 1. The Morgan fingerprint density at radius 3 is 2.56 bits per heavy atom. The van der Waals surface area contributed by atoms with Gasteiger partial charge in [0.05, 0.1) is 11.0 Å². The Morgan fingerprint density at radius 1 is 1.15 bits per heavy atom. The van der Waals surface area contributed by atoms with Gasteiger partial charge in [0.25, 0.3) is 0 Å². The zero-order valence-electron chi connectivity index (χ0n) is 15.1. The number of hydrogen-bond donors (Lipinski definition) is 2. The molecule has 4 rings (SSSR count). The highest BCUT2D eigenvalue weighted by Crippen LogP contribution is 2.26. The molecule has 0 bridgehead atoms. The number of aromatic amines is 1. The second kappa shape index (κ2) is 7.28. The number of aromatic nitrogens is 2. The summed E-state index contributed by atoms with van der Waals surface area (Å²) in [5.74, 6) is 2.00. The summed E-state index contributed by atoms with van der Waals surface area (Å²) in [6.45, 7) is 2.15. The Kier molecular flexibility index (Phi) is 4.68. The summed E-state index contributed by atoms with van der Waals surface area (Å²) in [6, 6.07) is 13.1. The number of H-pyrrole nitrogens is 1. The molecule has 3 aromatic rings. The van der Waals surface area contributed by atoms with Crippen LogP contribution in [0.15, 0.2) is 42.5 Å². The number of piperidine rings is 1. The highest BCUT2D eigenvalue weighted by Gasteiger charge is 2.18. The Balaban J connectivity index is 1.49. The molecule has 1 saturated heterocycles. The van der Waals surface area contributed by atoms with Crippen LogP contribution in [0.25, 0.3) is 22.4 Å². The Hall–Kier alpha value is -3.06. The second-order valence-electron chi connectivity index (χ2n) is 6.83. The second-order valence-corrected chi connectivity index (χ2v) is 6.83. The summed E-state index contributed by atoms with van der Waals surface area (Å²) in [5.41, 5.74) is 7.57. The van der Waals surface area contributed by atoms with Crippen LogP contribution in [-0.4, -0.2) is 47.2 Å². The van der Waals surface area contributed by atoms with Crippen LogP contribution in [0.2, 0.25) is 0 Å². The number of imidazole rings is 1. The number of amides is 1. The van der Waals surface area contributed by atoms with Crippen LogP contribution in [0.4, 0.5) is 4.79 Å². The largest absolute Gasteiger partial charge is 0.490 e. The molecule has 1 aliphatic heterocycles. The van der Waals surface area contributed by atoms with Crippen molar-refractivity contribution in [2.75, 3.05) is 20.1 Å². The van der Waals surface area contributed by atoms with Crippen LogP contribution in [-0.2, 0) is 0 Å². The van der Waals surface area contributed by atoms with Crippen molar-refractivity contribution in [3.63, 3.8) is 0 Å². The van der Waals surface area contributed by atoms with Crippen molar-refractivity contribution in [3.05, 3.63) is 42.5 Å². The van der Waals surface area contributed by atoms with E-state index in [4.69, 9.17) is 15.2 Å². The minimum atomic E-state index is -0.839. The maximum absolute atomic E-state index is 10.9. The number of carbonyl (C=O) groups is 1. The Bertz CT molecular complexity index is 944. The zero-order chi connectivity index (χ0) is 18.8. The molecule has 1 fully saturated rings. The third-order valence-electron chi connectivity index (χ3n) is 4.77. The van der Waals surface area contributed by atoms with Gasteiger partial charge in [0.1, 0.15) is 23.4 Å².